The number of hydrogen-bond donors (Lipinski definition) is 2. The Morgan fingerprint density at radius 3 is 2.57 bits per heavy atom. The van der Waals surface area contributed by atoms with Gasteiger partial charge >= 0.3 is 6.09 Å². The largest absolute Gasteiger partial charge is 0.444 e. The van der Waals surface area contributed by atoms with Crippen LogP contribution in [0.3, 0.4) is 0 Å². The lowest BCUT2D eigenvalue weighted by Crippen LogP contribution is -2.46. The van der Waals surface area contributed by atoms with Crippen molar-refractivity contribution in [2.24, 2.45) is 0 Å². The first-order valence-corrected chi connectivity index (χ1v) is 11.7. The van der Waals surface area contributed by atoms with E-state index in [4.69, 9.17) is 4.74 Å². The van der Waals surface area contributed by atoms with E-state index in [0.717, 1.165) is 31.4 Å². The highest BCUT2D eigenvalue weighted by atomic mass is 32.2. The first-order valence-electron chi connectivity index (χ1n) is 10.8. The molecule has 2 aliphatic heterocycles. The molecule has 0 saturated carbocycles. The van der Waals surface area contributed by atoms with Gasteiger partial charge in [-0.2, -0.15) is 0 Å². The minimum Gasteiger partial charge on any atom is -0.444 e. The van der Waals surface area contributed by atoms with Crippen LogP contribution in [0.1, 0.15) is 57.6 Å². The zero-order valence-electron chi connectivity index (χ0n) is 18.3. The number of thioether (sulfide) groups is 1. The Labute approximate surface area is 184 Å². The highest BCUT2D eigenvalue weighted by molar-refractivity contribution is 8.05. The molecular weight excluding hydrogens is 396 g/mol. The highest BCUT2D eigenvalue weighted by Crippen LogP contribution is 2.33. The van der Waals surface area contributed by atoms with Crippen LogP contribution in [0.2, 0.25) is 0 Å². The molecule has 2 heterocycles. The van der Waals surface area contributed by atoms with E-state index < -0.39 is 11.2 Å². The van der Waals surface area contributed by atoms with Crippen LogP contribution in [0.5, 0.6) is 0 Å². The fourth-order valence-corrected chi connectivity index (χ4v) is 4.43. The molecule has 0 spiro atoms. The molecule has 2 N–H and O–H groups in total. The van der Waals surface area contributed by atoms with Gasteiger partial charge in [0.15, 0.2) is 0 Å². The van der Waals surface area contributed by atoms with Crippen LogP contribution in [0.15, 0.2) is 46.9 Å². The number of amides is 1. The van der Waals surface area contributed by atoms with Gasteiger partial charge in [0.05, 0.1) is 10.6 Å². The lowest BCUT2D eigenvalue weighted by molar-refractivity contribution is -0.0356. The fraction of sp³-hybridized carbons (Fsp3) is 0.542. The third-order valence-corrected chi connectivity index (χ3v) is 6.29. The highest BCUT2D eigenvalue weighted by Gasteiger charge is 2.36. The Balaban J connectivity index is 1.49. The molecule has 164 valence electrons. The quantitative estimate of drug-likeness (QED) is 0.694. The first kappa shape index (κ1) is 22.8. The smallest absolute Gasteiger partial charge is 0.410 e. The Kier molecular flexibility index (Phi) is 7.53. The minimum atomic E-state index is -0.885. The monoisotopic (exact) mass is 430 g/mol. The van der Waals surface area contributed by atoms with E-state index in [9.17, 15) is 9.90 Å². The maximum atomic E-state index is 12.2. The van der Waals surface area contributed by atoms with E-state index >= 15 is 0 Å². The summed E-state index contributed by atoms with van der Waals surface area (Å²) in [6.45, 7) is 7.49. The molecule has 0 bridgehead atoms. The zero-order chi connectivity index (χ0) is 21.6. The number of ether oxygens (including phenoxy) is 1. The van der Waals surface area contributed by atoms with Gasteiger partial charge in [-0.15, -0.1) is 0 Å². The molecule has 1 fully saturated rings. The second-order valence-corrected chi connectivity index (χ2v) is 9.96. The molecule has 0 radical (unpaired) electrons. The summed E-state index contributed by atoms with van der Waals surface area (Å²) >= 11 is 1.74. The number of carbonyl (C=O) groups is 1. The summed E-state index contributed by atoms with van der Waals surface area (Å²) in [5.41, 5.74) is 0.784. The molecule has 0 aromatic heterocycles. The Morgan fingerprint density at radius 2 is 1.90 bits per heavy atom. The van der Waals surface area contributed by atoms with Crippen LogP contribution < -0.4 is 5.32 Å². The summed E-state index contributed by atoms with van der Waals surface area (Å²) < 4.78 is 5.45. The Hall–Kier alpha value is -1.92. The molecular formula is C24H34N2O3S. The number of aliphatic hydroxyl groups is 1. The first-order chi connectivity index (χ1) is 14.3. The second-order valence-electron chi connectivity index (χ2n) is 9.01. The number of rotatable bonds is 5. The van der Waals surface area contributed by atoms with Crippen molar-refractivity contribution in [1.29, 1.82) is 0 Å². The molecule has 1 amide bonds. The van der Waals surface area contributed by atoms with Gasteiger partial charge in [0.2, 0.25) is 0 Å². The lowest BCUT2D eigenvalue weighted by atomic mass is 9.84. The number of nitrogens with zero attached hydrogens (tertiary/aromatic N) is 1. The van der Waals surface area contributed by atoms with Crippen molar-refractivity contribution < 1.29 is 14.6 Å². The third kappa shape index (κ3) is 6.54. The van der Waals surface area contributed by atoms with Crippen molar-refractivity contribution in [1.82, 2.24) is 10.2 Å². The number of likely N-dealkylation sites (tertiary alicyclic amines) is 1. The summed E-state index contributed by atoms with van der Waals surface area (Å²) in [7, 11) is 0. The maximum Gasteiger partial charge on any atom is 0.410 e. The van der Waals surface area contributed by atoms with Gasteiger partial charge in [-0.3, -0.25) is 0 Å². The van der Waals surface area contributed by atoms with Crippen LogP contribution in [-0.2, 0) is 16.8 Å². The van der Waals surface area contributed by atoms with E-state index in [1.54, 1.807) is 16.7 Å². The van der Waals surface area contributed by atoms with E-state index in [0.29, 0.717) is 25.9 Å². The van der Waals surface area contributed by atoms with Crippen molar-refractivity contribution in [3.63, 3.8) is 0 Å². The summed E-state index contributed by atoms with van der Waals surface area (Å²) in [6, 6.07) is 8.26. The summed E-state index contributed by atoms with van der Waals surface area (Å²) in [4.78, 5) is 13.9. The van der Waals surface area contributed by atoms with Crippen molar-refractivity contribution >= 4 is 17.9 Å². The second kappa shape index (κ2) is 9.92. The fourth-order valence-electron chi connectivity index (χ4n) is 3.65. The number of nitrogens with one attached hydrogen (secondary N) is 1. The molecule has 6 heteroatoms. The third-order valence-electron chi connectivity index (χ3n) is 5.40. The molecule has 3 rings (SSSR count). The molecule has 1 saturated heterocycles. The van der Waals surface area contributed by atoms with Crippen molar-refractivity contribution in [2.45, 2.75) is 64.1 Å². The van der Waals surface area contributed by atoms with Crippen LogP contribution >= 0.6 is 11.8 Å². The normalized spacial score (nSPS) is 19.1. The van der Waals surface area contributed by atoms with E-state index in [1.807, 2.05) is 32.9 Å². The molecule has 30 heavy (non-hydrogen) atoms. The summed E-state index contributed by atoms with van der Waals surface area (Å²) in [6.07, 6.45) is 8.34. The van der Waals surface area contributed by atoms with Crippen LogP contribution in [0.25, 0.3) is 0 Å². The van der Waals surface area contributed by atoms with Gasteiger partial charge in [-0.1, -0.05) is 48.2 Å². The van der Waals surface area contributed by atoms with Crippen LogP contribution in [0.4, 0.5) is 4.79 Å². The van der Waals surface area contributed by atoms with E-state index in [2.05, 4.69) is 35.0 Å². The standard InChI is InChI=1S/C24H34N2O3S/c1-23(2,3)29-22(27)26-16-13-24(28,14-17-26)20-10-8-19(9-11-20)12-15-25-21-7-5-4-6-18-30-21/h6-11,18,25,28H,4-5,12-17H2,1-3H3. The summed E-state index contributed by atoms with van der Waals surface area (Å²) in [5.74, 6) is 0. The Morgan fingerprint density at radius 1 is 1.20 bits per heavy atom. The molecule has 1 aromatic carbocycles. The number of piperidine rings is 1. The molecule has 0 unspecified atom stereocenters. The van der Waals surface area contributed by atoms with Gasteiger partial charge in [-0.25, -0.2) is 4.79 Å². The topological polar surface area (TPSA) is 61.8 Å². The zero-order valence-corrected chi connectivity index (χ0v) is 19.1. The number of allylic oxidation sites excluding steroid dienone is 2. The number of benzene rings is 1. The molecule has 5 nitrogen and oxygen atoms in total. The average molecular weight is 431 g/mol. The molecule has 2 aliphatic rings. The van der Waals surface area contributed by atoms with Crippen LogP contribution in [0, 0.1) is 0 Å². The minimum absolute atomic E-state index is 0.301. The lowest BCUT2D eigenvalue weighted by Gasteiger charge is -2.39. The predicted molar refractivity (Wildman–Crippen MR) is 123 cm³/mol. The molecule has 1 aromatic rings. The predicted octanol–water partition coefficient (Wildman–Crippen LogP) is 4.92. The SMILES string of the molecule is CC(C)(C)OC(=O)N1CCC(O)(c2ccc(CCNC3=CCCC=CS3)cc2)CC1. The Bertz CT molecular complexity index is 773. The van der Waals surface area contributed by atoms with Crippen molar-refractivity contribution in [2.75, 3.05) is 19.6 Å². The number of carbonyl (C=O) groups excluding carboxylic acids is 1. The summed E-state index contributed by atoms with van der Waals surface area (Å²) in [5, 5.41) is 18.0. The molecule has 0 atom stereocenters. The van der Waals surface area contributed by atoms with Gasteiger partial charge < -0.3 is 20.1 Å². The maximum absolute atomic E-state index is 12.2. The van der Waals surface area contributed by atoms with Gasteiger partial charge in [0.25, 0.3) is 0 Å². The van der Waals surface area contributed by atoms with Crippen molar-refractivity contribution in [3.05, 3.63) is 58.0 Å². The van der Waals surface area contributed by atoms with Crippen LogP contribution in [-0.4, -0.2) is 41.3 Å². The van der Waals surface area contributed by atoms with Gasteiger partial charge in [0, 0.05) is 19.6 Å². The number of hydrogen-bond acceptors (Lipinski definition) is 5. The van der Waals surface area contributed by atoms with Gasteiger partial charge in [-0.05, 0) is 69.4 Å². The van der Waals surface area contributed by atoms with E-state index in [1.165, 1.54) is 10.6 Å². The molecule has 0 aliphatic carbocycles. The van der Waals surface area contributed by atoms with Crippen molar-refractivity contribution in [3.8, 4) is 0 Å². The van der Waals surface area contributed by atoms with Gasteiger partial charge in [0.1, 0.15) is 5.60 Å². The van der Waals surface area contributed by atoms with E-state index in [-0.39, 0.29) is 6.09 Å². The average Bonchev–Trinajstić information content (AvgIpc) is 2.96.